The summed E-state index contributed by atoms with van der Waals surface area (Å²) in [6, 6.07) is 3.39. The minimum absolute atomic E-state index is 0.357. The predicted molar refractivity (Wildman–Crippen MR) is 73.1 cm³/mol. The molecule has 98 valence electrons. The molecule has 0 fully saturated rings. The second-order valence-corrected chi connectivity index (χ2v) is 8.07. The Morgan fingerprint density at radius 2 is 2.06 bits per heavy atom. The largest absolute Gasteiger partial charge is 0.252 e. The van der Waals surface area contributed by atoms with Gasteiger partial charge in [-0.25, -0.2) is 12.7 Å². The lowest BCUT2D eigenvalue weighted by Gasteiger charge is -2.16. The topological polar surface area (TPSA) is 37.4 Å². The number of hydrogen-bond acceptors (Lipinski definition) is 3. The fourth-order valence-electron chi connectivity index (χ4n) is 1.28. The van der Waals surface area contributed by atoms with E-state index in [1.165, 1.54) is 15.6 Å². The van der Waals surface area contributed by atoms with Crippen LogP contribution in [0.3, 0.4) is 0 Å². The number of thiophene rings is 1. The maximum Gasteiger partial charge on any atom is 0.252 e. The van der Waals surface area contributed by atoms with Crippen LogP contribution in [-0.4, -0.2) is 26.3 Å². The van der Waals surface area contributed by atoms with Gasteiger partial charge in [0.2, 0.25) is 0 Å². The molecule has 0 saturated heterocycles. The van der Waals surface area contributed by atoms with Crippen LogP contribution in [0.4, 0.5) is 0 Å². The average Bonchev–Trinajstić information content (AvgIpc) is 2.74. The smallest absolute Gasteiger partial charge is 0.206 e. The Bertz CT molecular complexity index is 454. The fourth-order valence-corrected chi connectivity index (χ4v) is 4.14. The minimum atomic E-state index is -3.33. The Kier molecular flexibility index (Phi) is 5.44. The molecule has 1 aromatic heterocycles. The third-order valence-corrected chi connectivity index (χ3v) is 6.31. The number of sulfonamides is 1. The molecule has 1 aromatic rings. The third kappa shape index (κ3) is 3.95. The Balaban J connectivity index is 2.79. The number of rotatable bonds is 6. The van der Waals surface area contributed by atoms with Crippen LogP contribution in [0.25, 0.3) is 0 Å². The van der Waals surface area contributed by atoms with Crippen LogP contribution >= 0.6 is 22.9 Å². The molecule has 0 aliphatic rings. The lowest BCUT2D eigenvalue weighted by Crippen LogP contribution is -2.28. The van der Waals surface area contributed by atoms with E-state index in [1.54, 1.807) is 19.2 Å². The molecule has 1 heterocycles. The molecule has 0 radical (unpaired) electrons. The first kappa shape index (κ1) is 15.0. The van der Waals surface area contributed by atoms with Crippen molar-refractivity contribution in [1.29, 1.82) is 0 Å². The number of hydrogen-bond donors (Lipinski definition) is 0. The number of halogens is 1. The minimum Gasteiger partial charge on any atom is -0.206 e. The maximum atomic E-state index is 12.2. The molecule has 1 rings (SSSR count). The van der Waals surface area contributed by atoms with Crippen molar-refractivity contribution < 1.29 is 8.42 Å². The van der Waals surface area contributed by atoms with Gasteiger partial charge in [-0.15, -0.1) is 22.9 Å². The Labute approximate surface area is 112 Å². The van der Waals surface area contributed by atoms with E-state index in [2.05, 4.69) is 13.8 Å². The van der Waals surface area contributed by atoms with Crippen molar-refractivity contribution in [1.82, 2.24) is 4.31 Å². The molecule has 0 aliphatic heterocycles. The molecule has 17 heavy (non-hydrogen) atoms. The predicted octanol–water partition coefficient (Wildman–Crippen LogP) is 3.15. The van der Waals surface area contributed by atoms with Gasteiger partial charge in [0, 0.05) is 18.5 Å². The highest BCUT2D eigenvalue weighted by atomic mass is 35.5. The van der Waals surface area contributed by atoms with Gasteiger partial charge in [0.25, 0.3) is 10.0 Å². The molecule has 3 nitrogen and oxygen atoms in total. The maximum absolute atomic E-state index is 12.2. The van der Waals surface area contributed by atoms with Crippen LogP contribution in [0, 0.1) is 5.92 Å². The Morgan fingerprint density at radius 1 is 1.41 bits per heavy atom. The van der Waals surface area contributed by atoms with Gasteiger partial charge in [0.05, 0.1) is 5.88 Å². The summed E-state index contributed by atoms with van der Waals surface area (Å²) in [5, 5.41) is 0. The summed E-state index contributed by atoms with van der Waals surface area (Å²) in [4.78, 5) is 0.877. The lowest BCUT2D eigenvalue weighted by atomic mass is 10.1. The normalized spacial score (nSPS) is 12.6. The van der Waals surface area contributed by atoms with Crippen LogP contribution in [-0.2, 0) is 15.9 Å². The second kappa shape index (κ2) is 6.18. The highest BCUT2D eigenvalue weighted by molar-refractivity contribution is 7.91. The van der Waals surface area contributed by atoms with Crippen molar-refractivity contribution in [3.63, 3.8) is 0 Å². The van der Waals surface area contributed by atoms with Crippen molar-refractivity contribution >= 4 is 33.0 Å². The van der Waals surface area contributed by atoms with Crippen molar-refractivity contribution in [2.45, 2.75) is 30.4 Å². The van der Waals surface area contributed by atoms with E-state index in [0.29, 0.717) is 22.6 Å². The van der Waals surface area contributed by atoms with Crippen molar-refractivity contribution in [3.05, 3.63) is 17.0 Å². The summed E-state index contributed by atoms with van der Waals surface area (Å²) in [6.07, 6.45) is 0.865. The van der Waals surface area contributed by atoms with Crippen LogP contribution in [0.5, 0.6) is 0 Å². The zero-order chi connectivity index (χ0) is 13.1. The quantitative estimate of drug-likeness (QED) is 0.756. The zero-order valence-electron chi connectivity index (χ0n) is 10.3. The SMILES string of the molecule is CC(C)CCN(C)S(=O)(=O)c1ccc(CCl)s1. The summed E-state index contributed by atoms with van der Waals surface area (Å²) in [6.45, 7) is 4.71. The number of alkyl halides is 1. The van der Waals surface area contributed by atoms with Gasteiger partial charge in [-0.3, -0.25) is 0 Å². The van der Waals surface area contributed by atoms with E-state index in [-0.39, 0.29) is 0 Å². The van der Waals surface area contributed by atoms with Gasteiger partial charge < -0.3 is 0 Å². The number of nitrogens with zero attached hydrogens (tertiary/aromatic N) is 1. The summed E-state index contributed by atoms with van der Waals surface area (Å²) in [7, 11) is -1.71. The molecule has 0 unspecified atom stereocenters. The molecular weight excluding hydrogens is 278 g/mol. The summed E-state index contributed by atoms with van der Waals surface area (Å²) in [5.74, 6) is 0.852. The fraction of sp³-hybridized carbons (Fsp3) is 0.636. The van der Waals surface area contributed by atoms with Gasteiger partial charge in [-0.05, 0) is 24.5 Å². The van der Waals surface area contributed by atoms with Gasteiger partial charge in [0.15, 0.2) is 0 Å². The summed E-state index contributed by atoms with van der Waals surface area (Å²) < 4.78 is 26.1. The van der Waals surface area contributed by atoms with Crippen molar-refractivity contribution in [3.8, 4) is 0 Å². The van der Waals surface area contributed by atoms with Gasteiger partial charge in [-0.2, -0.15) is 0 Å². The lowest BCUT2D eigenvalue weighted by molar-refractivity contribution is 0.429. The van der Waals surface area contributed by atoms with Gasteiger partial charge >= 0.3 is 0 Å². The average molecular weight is 296 g/mol. The standard InChI is InChI=1S/C11H18ClNO2S2/c1-9(2)6-7-13(3)17(14,15)11-5-4-10(8-12)16-11/h4-5,9H,6-8H2,1-3H3. The molecule has 0 amide bonds. The first-order chi connectivity index (χ1) is 7.87. The second-order valence-electron chi connectivity index (χ2n) is 4.36. The van der Waals surface area contributed by atoms with Gasteiger partial charge in [0.1, 0.15) is 4.21 Å². The van der Waals surface area contributed by atoms with E-state index in [1.807, 2.05) is 0 Å². The van der Waals surface area contributed by atoms with Crippen LogP contribution in [0.1, 0.15) is 25.1 Å². The zero-order valence-corrected chi connectivity index (χ0v) is 12.7. The van der Waals surface area contributed by atoms with Crippen LogP contribution in [0.15, 0.2) is 16.3 Å². The van der Waals surface area contributed by atoms with E-state index >= 15 is 0 Å². The van der Waals surface area contributed by atoms with Crippen LogP contribution in [0.2, 0.25) is 0 Å². The van der Waals surface area contributed by atoms with Gasteiger partial charge in [-0.1, -0.05) is 13.8 Å². The first-order valence-corrected chi connectivity index (χ1v) is 8.28. The van der Waals surface area contributed by atoms with Crippen LogP contribution < -0.4 is 0 Å². The first-order valence-electron chi connectivity index (χ1n) is 5.49. The molecule has 0 bridgehead atoms. The molecule has 0 aliphatic carbocycles. The summed E-state index contributed by atoms with van der Waals surface area (Å²) >= 11 is 6.92. The Hall–Kier alpha value is -0.100. The molecule has 6 heteroatoms. The Morgan fingerprint density at radius 3 is 2.53 bits per heavy atom. The summed E-state index contributed by atoms with van der Waals surface area (Å²) in [5.41, 5.74) is 0. The highest BCUT2D eigenvalue weighted by Gasteiger charge is 2.22. The molecule has 0 spiro atoms. The highest BCUT2D eigenvalue weighted by Crippen LogP contribution is 2.25. The van der Waals surface area contributed by atoms with E-state index < -0.39 is 10.0 Å². The van der Waals surface area contributed by atoms with E-state index in [4.69, 9.17) is 11.6 Å². The van der Waals surface area contributed by atoms with E-state index in [9.17, 15) is 8.42 Å². The van der Waals surface area contributed by atoms with E-state index in [0.717, 1.165) is 11.3 Å². The van der Waals surface area contributed by atoms with Crippen molar-refractivity contribution in [2.75, 3.05) is 13.6 Å². The molecule has 0 aromatic carbocycles. The monoisotopic (exact) mass is 295 g/mol. The molecule has 0 N–H and O–H groups in total. The molecular formula is C11H18ClNO2S2. The molecule has 0 saturated carbocycles. The molecule has 0 atom stereocenters. The third-order valence-electron chi connectivity index (χ3n) is 2.45. The van der Waals surface area contributed by atoms with Crippen molar-refractivity contribution in [2.24, 2.45) is 5.92 Å².